The fourth-order valence-electron chi connectivity index (χ4n) is 1.48. The molecule has 0 aromatic heterocycles. The molecule has 0 saturated heterocycles. The summed E-state index contributed by atoms with van der Waals surface area (Å²) in [7, 11) is 1.61. The lowest BCUT2D eigenvalue weighted by molar-refractivity contribution is -0.0548. The number of hydrogen-bond donors (Lipinski definition) is 0. The summed E-state index contributed by atoms with van der Waals surface area (Å²) >= 11 is 0. The first-order chi connectivity index (χ1) is 7.35. The second kappa shape index (κ2) is 11.6. The number of terminal acetylenes is 1. The maximum atomic E-state index is 5.35. The highest BCUT2D eigenvalue weighted by Crippen LogP contribution is 2.09. The van der Waals surface area contributed by atoms with E-state index in [1.165, 1.54) is 32.1 Å². The van der Waals surface area contributed by atoms with Gasteiger partial charge in [-0.3, -0.25) is 0 Å². The predicted molar refractivity (Wildman–Crippen MR) is 63.6 cm³/mol. The normalized spacial score (nSPS) is 12.3. The summed E-state index contributed by atoms with van der Waals surface area (Å²) in [5.41, 5.74) is 0. The van der Waals surface area contributed by atoms with Gasteiger partial charge in [0.25, 0.3) is 0 Å². The standard InChI is InChI=1S/C13H24O2/c1-4-6-7-8-9-10-11-13(5-2)15-12-14-3/h2,13H,4,6-12H2,1,3H3/t13-/m0/s1. The van der Waals surface area contributed by atoms with Crippen molar-refractivity contribution in [3.8, 4) is 12.3 Å². The van der Waals surface area contributed by atoms with Crippen LogP contribution in [0.15, 0.2) is 0 Å². The molecule has 0 aliphatic carbocycles. The van der Waals surface area contributed by atoms with Crippen LogP contribution in [0.5, 0.6) is 0 Å². The zero-order valence-corrected chi connectivity index (χ0v) is 10.1. The number of hydrogen-bond acceptors (Lipinski definition) is 2. The lowest BCUT2D eigenvalue weighted by Crippen LogP contribution is -2.12. The van der Waals surface area contributed by atoms with Crippen molar-refractivity contribution in [1.29, 1.82) is 0 Å². The molecule has 0 rings (SSSR count). The van der Waals surface area contributed by atoms with Gasteiger partial charge in [-0.2, -0.15) is 0 Å². The van der Waals surface area contributed by atoms with Crippen LogP contribution >= 0.6 is 0 Å². The van der Waals surface area contributed by atoms with Crippen molar-refractivity contribution < 1.29 is 9.47 Å². The van der Waals surface area contributed by atoms with Gasteiger partial charge < -0.3 is 9.47 Å². The molecule has 0 spiro atoms. The van der Waals surface area contributed by atoms with Gasteiger partial charge in [0.1, 0.15) is 12.9 Å². The van der Waals surface area contributed by atoms with Gasteiger partial charge in [-0.15, -0.1) is 6.42 Å². The average molecular weight is 212 g/mol. The van der Waals surface area contributed by atoms with E-state index in [2.05, 4.69) is 12.8 Å². The van der Waals surface area contributed by atoms with Crippen LogP contribution in [0.2, 0.25) is 0 Å². The summed E-state index contributed by atoms with van der Waals surface area (Å²) in [5.74, 6) is 2.64. The largest absolute Gasteiger partial charge is 0.359 e. The minimum Gasteiger partial charge on any atom is -0.359 e. The van der Waals surface area contributed by atoms with Gasteiger partial charge in [-0.25, -0.2) is 0 Å². The third-order valence-corrected chi connectivity index (χ3v) is 2.39. The van der Waals surface area contributed by atoms with E-state index >= 15 is 0 Å². The van der Waals surface area contributed by atoms with Gasteiger partial charge in [-0.1, -0.05) is 44.9 Å². The molecule has 0 aliphatic rings. The topological polar surface area (TPSA) is 18.5 Å². The molecular formula is C13H24O2. The monoisotopic (exact) mass is 212 g/mol. The highest BCUT2D eigenvalue weighted by molar-refractivity contribution is 4.94. The molecule has 0 N–H and O–H groups in total. The quantitative estimate of drug-likeness (QED) is 0.314. The van der Waals surface area contributed by atoms with E-state index in [0.29, 0.717) is 6.79 Å². The van der Waals surface area contributed by atoms with Crippen LogP contribution in [0.1, 0.15) is 51.9 Å². The molecule has 0 aliphatic heterocycles. The predicted octanol–water partition coefficient (Wildman–Crippen LogP) is 3.36. The Bertz CT molecular complexity index is 160. The molecule has 0 heterocycles. The Morgan fingerprint density at radius 2 is 1.80 bits per heavy atom. The zero-order chi connectivity index (χ0) is 11.4. The lowest BCUT2D eigenvalue weighted by atomic mass is 10.1. The molecule has 2 nitrogen and oxygen atoms in total. The molecule has 0 aromatic carbocycles. The maximum absolute atomic E-state index is 5.35. The van der Waals surface area contributed by atoms with Crippen molar-refractivity contribution in [1.82, 2.24) is 0 Å². The summed E-state index contributed by atoms with van der Waals surface area (Å²) in [4.78, 5) is 0. The zero-order valence-electron chi connectivity index (χ0n) is 10.1. The van der Waals surface area contributed by atoms with E-state index in [1.54, 1.807) is 7.11 Å². The fourth-order valence-corrected chi connectivity index (χ4v) is 1.48. The first kappa shape index (κ1) is 14.5. The highest BCUT2D eigenvalue weighted by atomic mass is 16.7. The lowest BCUT2D eigenvalue weighted by Gasteiger charge is -2.10. The Labute approximate surface area is 94.3 Å². The fraction of sp³-hybridized carbons (Fsp3) is 0.846. The van der Waals surface area contributed by atoms with Crippen LogP contribution in [0.25, 0.3) is 0 Å². The molecule has 0 fully saturated rings. The van der Waals surface area contributed by atoms with E-state index < -0.39 is 0 Å². The third kappa shape index (κ3) is 9.78. The van der Waals surface area contributed by atoms with E-state index in [9.17, 15) is 0 Å². The van der Waals surface area contributed by atoms with Gasteiger partial charge >= 0.3 is 0 Å². The Hall–Kier alpha value is -0.520. The second-order valence-electron chi connectivity index (χ2n) is 3.78. The van der Waals surface area contributed by atoms with Crippen LogP contribution in [0.4, 0.5) is 0 Å². The van der Waals surface area contributed by atoms with Crippen molar-refractivity contribution in [2.75, 3.05) is 13.9 Å². The minimum atomic E-state index is -0.0730. The molecule has 0 amide bonds. The molecule has 2 heteroatoms. The average Bonchev–Trinajstić information content (AvgIpc) is 2.27. The molecule has 88 valence electrons. The van der Waals surface area contributed by atoms with Crippen molar-refractivity contribution in [3.63, 3.8) is 0 Å². The first-order valence-electron chi connectivity index (χ1n) is 5.91. The summed E-state index contributed by atoms with van der Waals surface area (Å²) in [5, 5.41) is 0. The highest BCUT2D eigenvalue weighted by Gasteiger charge is 2.03. The van der Waals surface area contributed by atoms with Crippen molar-refractivity contribution >= 4 is 0 Å². The second-order valence-corrected chi connectivity index (χ2v) is 3.78. The van der Waals surface area contributed by atoms with E-state index in [-0.39, 0.29) is 6.10 Å². The van der Waals surface area contributed by atoms with E-state index in [4.69, 9.17) is 15.9 Å². The van der Waals surface area contributed by atoms with E-state index in [0.717, 1.165) is 12.8 Å². The summed E-state index contributed by atoms with van der Waals surface area (Å²) in [6, 6.07) is 0. The van der Waals surface area contributed by atoms with Gasteiger partial charge in [0.15, 0.2) is 0 Å². The Morgan fingerprint density at radius 3 is 2.40 bits per heavy atom. The number of methoxy groups -OCH3 is 1. The van der Waals surface area contributed by atoms with Crippen LogP contribution in [-0.4, -0.2) is 20.0 Å². The van der Waals surface area contributed by atoms with Crippen LogP contribution in [0, 0.1) is 12.3 Å². The molecule has 15 heavy (non-hydrogen) atoms. The maximum Gasteiger partial charge on any atom is 0.148 e. The van der Waals surface area contributed by atoms with Gasteiger partial charge in [0, 0.05) is 7.11 Å². The van der Waals surface area contributed by atoms with Crippen LogP contribution in [0.3, 0.4) is 0 Å². The molecular weight excluding hydrogens is 188 g/mol. The van der Waals surface area contributed by atoms with Crippen molar-refractivity contribution in [2.45, 2.75) is 58.0 Å². The summed E-state index contributed by atoms with van der Waals surface area (Å²) in [6.45, 7) is 2.53. The van der Waals surface area contributed by atoms with Crippen molar-refractivity contribution in [3.05, 3.63) is 0 Å². The third-order valence-electron chi connectivity index (χ3n) is 2.39. The molecule has 0 bridgehead atoms. The first-order valence-corrected chi connectivity index (χ1v) is 5.91. The minimum absolute atomic E-state index is 0.0730. The SMILES string of the molecule is C#C[C@@H](CCCCCCCC)OCOC. The molecule has 0 aromatic rings. The number of ether oxygens (including phenoxy) is 2. The van der Waals surface area contributed by atoms with E-state index in [1.807, 2.05) is 0 Å². The smallest absolute Gasteiger partial charge is 0.148 e. The molecule has 0 saturated carbocycles. The Kier molecular flexibility index (Phi) is 11.2. The molecule has 0 radical (unpaired) electrons. The number of rotatable bonds is 10. The van der Waals surface area contributed by atoms with Gasteiger partial charge in [0.05, 0.1) is 0 Å². The summed E-state index contributed by atoms with van der Waals surface area (Å²) < 4.78 is 10.1. The number of unbranched alkanes of at least 4 members (excludes halogenated alkanes) is 5. The van der Waals surface area contributed by atoms with Crippen LogP contribution < -0.4 is 0 Å². The van der Waals surface area contributed by atoms with Crippen molar-refractivity contribution in [2.24, 2.45) is 0 Å². The van der Waals surface area contributed by atoms with Gasteiger partial charge in [-0.05, 0) is 12.8 Å². The summed E-state index contributed by atoms with van der Waals surface area (Å²) in [6.07, 6.45) is 13.9. The van der Waals surface area contributed by atoms with Crippen LogP contribution in [-0.2, 0) is 9.47 Å². The Balaban J connectivity index is 3.27. The molecule has 0 unspecified atom stereocenters. The van der Waals surface area contributed by atoms with Gasteiger partial charge in [0.2, 0.25) is 0 Å². The molecule has 1 atom stereocenters. The Morgan fingerprint density at radius 1 is 1.13 bits per heavy atom.